The van der Waals surface area contributed by atoms with E-state index in [0.717, 1.165) is 18.5 Å². The van der Waals surface area contributed by atoms with Gasteiger partial charge in [-0.05, 0) is 37.6 Å². The van der Waals surface area contributed by atoms with E-state index in [-0.39, 0.29) is 0 Å². The van der Waals surface area contributed by atoms with Gasteiger partial charge in [0.05, 0.1) is 0 Å². The first-order chi connectivity index (χ1) is 8.15. The van der Waals surface area contributed by atoms with E-state index in [0.29, 0.717) is 5.41 Å². The Bertz CT molecular complexity index is 236. The predicted octanol–water partition coefficient (Wildman–Crippen LogP) is 2.58. The third-order valence-electron chi connectivity index (χ3n) is 4.81. The van der Waals surface area contributed by atoms with Crippen LogP contribution >= 0.6 is 11.8 Å². The molecule has 1 atom stereocenters. The van der Waals surface area contributed by atoms with Crippen molar-refractivity contribution >= 4 is 11.8 Å². The average Bonchev–Trinajstić information content (AvgIpc) is 2.35. The van der Waals surface area contributed by atoms with Crippen molar-refractivity contribution in [3.8, 4) is 0 Å². The molecule has 2 aliphatic rings. The fraction of sp³-hybridized carbons (Fsp3) is 1.00. The summed E-state index contributed by atoms with van der Waals surface area (Å²) in [5.41, 5.74) is 6.55. The monoisotopic (exact) mass is 256 g/mol. The molecule has 0 aromatic heterocycles. The van der Waals surface area contributed by atoms with Crippen molar-refractivity contribution in [2.45, 2.75) is 45.6 Å². The summed E-state index contributed by atoms with van der Waals surface area (Å²) in [6, 6.07) is 0.747. The molecule has 1 unspecified atom stereocenters. The van der Waals surface area contributed by atoms with Crippen LogP contribution in [-0.4, -0.2) is 42.1 Å². The zero-order valence-electron chi connectivity index (χ0n) is 11.5. The molecule has 1 saturated carbocycles. The molecule has 0 bridgehead atoms. The van der Waals surface area contributed by atoms with Crippen molar-refractivity contribution in [1.82, 2.24) is 4.90 Å². The van der Waals surface area contributed by atoms with Crippen LogP contribution in [0.15, 0.2) is 0 Å². The molecular formula is C14H28N2S. The van der Waals surface area contributed by atoms with Crippen molar-refractivity contribution < 1.29 is 0 Å². The third kappa shape index (κ3) is 3.39. The van der Waals surface area contributed by atoms with E-state index in [9.17, 15) is 0 Å². The number of rotatable bonds is 3. The summed E-state index contributed by atoms with van der Waals surface area (Å²) >= 11 is 2.10. The van der Waals surface area contributed by atoms with Crippen molar-refractivity contribution in [1.29, 1.82) is 0 Å². The highest BCUT2D eigenvalue weighted by Crippen LogP contribution is 2.39. The Labute approximate surface area is 111 Å². The molecule has 2 N–H and O–H groups in total. The van der Waals surface area contributed by atoms with Gasteiger partial charge in [-0.15, -0.1) is 0 Å². The number of thioether (sulfide) groups is 1. The molecule has 2 nitrogen and oxygen atoms in total. The summed E-state index contributed by atoms with van der Waals surface area (Å²) in [5, 5.41) is 0. The number of nitrogens with zero attached hydrogens (tertiary/aromatic N) is 1. The van der Waals surface area contributed by atoms with Gasteiger partial charge in [0.2, 0.25) is 0 Å². The molecule has 2 fully saturated rings. The van der Waals surface area contributed by atoms with E-state index < -0.39 is 0 Å². The van der Waals surface area contributed by atoms with E-state index >= 15 is 0 Å². The third-order valence-corrected chi connectivity index (χ3v) is 6.00. The Kier molecular flexibility index (Phi) is 4.79. The lowest BCUT2D eigenvalue weighted by molar-refractivity contribution is 0.0810. The average molecular weight is 256 g/mol. The largest absolute Gasteiger partial charge is 0.330 e. The van der Waals surface area contributed by atoms with Crippen LogP contribution in [0.1, 0.15) is 39.5 Å². The standard InChI is InChI=1S/C14H28N2S/c1-12-3-5-14(10-15,6-4-12)11-16-7-8-17-9-13(16)2/h12-13H,3-11,15H2,1-2H3. The molecule has 100 valence electrons. The van der Waals surface area contributed by atoms with Crippen molar-refractivity contribution in [3.05, 3.63) is 0 Å². The SMILES string of the molecule is CC1CCC(CN)(CN2CCSCC2C)CC1. The van der Waals surface area contributed by atoms with Gasteiger partial charge in [0, 0.05) is 30.6 Å². The van der Waals surface area contributed by atoms with Gasteiger partial charge >= 0.3 is 0 Å². The lowest BCUT2D eigenvalue weighted by atomic mass is 9.70. The molecule has 1 heterocycles. The molecule has 0 radical (unpaired) electrons. The smallest absolute Gasteiger partial charge is 0.0158 e. The molecular weight excluding hydrogens is 228 g/mol. The molecule has 1 saturated heterocycles. The van der Waals surface area contributed by atoms with E-state index in [1.807, 2.05) is 0 Å². The van der Waals surface area contributed by atoms with Gasteiger partial charge in [-0.25, -0.2) is 0 Å². The van der Waals surface area contributed by atoms with Gasteiger partial charge in [-0.1, -0.05) is 19.8 Å². The molecule has 1 aliphatic carbocycles. The summed E-state index contributed by atoms with van der Waals surface area (Å²) in [7, 11) is 0. The quantitative estimate of drug-likeness (QED) is 0.841. The number of hydrogen-bond acceptors (Lipinski definition) is 3. The Morgan fingerprint density at radius 2 is 2.00 bits per heavy atom. The maximum atomic E-state index is 6.11. The molecule has 0 spiro atoms. The van der Waals surface area contributed by atoms with Gasteiger partial charge in [-0.2, -0.15) is 11.8 Å². The summed E-state index contributed by atoms with van der Waals surface area (Å²) in [4.78, 5) is 2.69. The van der Waals surface area contributed by atoms with Gasteiger partial charge in [0.15, 0.2) is 0 Å². The minimum atomic E-state index is 0.433. The first-order valence-corrected chi connectivity index (χ1v) is 8.32. The van der Waals surface area contributed by atoms with Gasteiger partial charge in [0.1, 0.15) is 0 Å². The Balaban J connectivity index is 1.94. The Morgan fingerprint density at radius 3 is 2.59 bits per heavy atom. The van der Waals surface area contributed by atoms with Crippen LogP contribution in [0.2, 0.25) is 0 Å². The first-order valence-electron chi connectivity index (χ1n) is 7.17. The van der Waals surface area contributed by atoms with Crippen molar-refractivity contribution in [2.24, 2.45) is 17.1 Å². The molecule has 0 amide bonds. The van der Waals surface area contributed by atoms with Gasteiger partial charge in [0.25, 0.3) is 0 Å². The van der Waals surface area contributed by atoms with Crippen LogP contribution in [0.5, 0.6) is 0 Å². The zero-order valence-corrected chi connectivity index (χ0v) is 12.3. The second-order valence-corrected chi connectivity index (χ2v) is 7.43. The number of nitrogens with two attached hydrogens (primary N) is 1. The predicted molar refractivity (Wildman–Crippen MR) is 77.5 cm³/mol. The lowest BCUT2D eigenvalue weighted by Crippen LogP contribution is -2.50. The zero-order chi connectivity index (χ0) is 12.3. The maximum Gasteiger partial charge on any atom is 0.0158 e. The fourth-order valence-electron chi connectivity index (χ4n) is 3.23. The van der Waals surface area contributed by atoms with E-state index in [2.05, 4.69) is 30.5 Å². The van der Waals surface area contributed by atoms with Crippen molar-refractivity contribution in [3.63, 3.8) is 0 Å². The van der Waals surface area contributed by atoms with Crippen LogP contribution in [0.3, 0.4) is 0 Å². The van der Waals surface area contributed by atoms with Crippen LogP contribution in [-0.2, 0) is 0 Å². The van der Waals surface area contributed by atoms with Crippen LogP contribution in [0.4, 0.5) is 0 Å². The minimum absolute atomic E-state index is 0.433. The second-order valence-electron chi connectivity index (χ2n) is 6.28. The first kappa shape index (κ1) is 13.7. The fourth-order valence-corrected chi connectivity index (χ4v) is 4.31. The molecule has 3 heteroatoms. The summed E-state index contributed by atoms with van der Waals surface area (Å²) in [6.45, 7) is 8.17. The molecule has 0 aromatic carbocycles. The van der Waals surface area contributed by atoms with Crippen LogP contribution in [0, 0.1) is 11.3 Å². The summed E-state index contributed by atoms with van der Waals surface area (Å²) in [5.74, 6) is 3.53. The topological polar surface area (TPSA) is 29.3 Å². The van der Waals surface area contributed by atoms with Gasteiger partial charge in [-0.3, -0.25) is 4.90 Å². The van der Waals surface area contributed by atoms with Crippen LogP contribution < -0.4 is 5.73 Å². The van der Waals surface area contributed by atoms with E-state index in [1.165, 1.54) is 50.3 Å². The number of hydrogen-bond donors (Lipinski definition) is 1. The highest BCUT2D eigenvalue weighted by Gasteiger charge is 2.36. The van der Waals surface area contributed by atoms with Crippen LogP contribution in [0.25, 0.3) is 0 Å². The molecule has 1 aliphatic heterocycles. The summed E-state index contributed by atoms with van der Waals surface area (Å²) < 4.78 is 0. The summed E-state index contributed by atoms with van der Waals surface area (Å²) in [6.07, 6.45) is 5.46. The van der Waals surface area contributed by atoms with Gasteiger partial charge < -0.3 is 5.73 Å². The highest BCUT2D eigenvalue weighted by molar-refractivity contribution is 7.99. The normalized spacial score (nSPS) is 40.4. The molecule has 17 heavy (non-hydrogen) atoms. The highest BCUT2D eigenvalue weighted by atomic mass is 32.2. The van der Waals surface area contributed by atoms with E-state index in [1.54, 1.807) is 0 Å². The Hall–Kier alpha value is 0.270. The maximum absolute atomic E-state index is 6.11. The Morgan fingerprint density at radius 1 is 1.29 bits per heavy atom. The lowest BCUT2D eigenvalue weighted by Gasteiger charge is -2.45. The minimum Gasteiger partial charge on any atom is -0.330 e. The second kappa shape index (κ2) is 5.94. The van der Waals surface area contributed by atoms with E-state index in [4.69, 9.17) is 5.73 Å². The van der Waals surface area contributed by atoms with Crippen molar-refractivity contribution in [2.75, 3.05) is 31.1 Å². The molecule has 0 aromatic rings. The molecule has 2 rings (SSSR count).